The Hall–Kier alpha value is -1.62. The molecule has 1 saturated heterocycles. The van der Waals surface area contributed by atoms with Gasteiger partial charge in [0, 0.05) is 33.4 Å². The molecule has 1 fully saturated rings. The topological polar surface area (TPSA) is 54.5 Å². The van der Waals surface area contributed by atoms with Gasteiger partial charge in [-0.2, -0.15) is 0 Å². The summed E-state index contributed by atoms with van der Waals surface area (Å²) in [5.74, 6) is 0.612. The number of methoxy groups -OCH3 is 1. The zero-order chi connectivity index (χ0) is 15.1. The summed E-state index contributed by atoms with van der Waals surface area (Å²) in [6.45, 7) is 5.42. The minimum absolute atomic E-state index is 0.0351. The van der Waals surface area contributed by atoms with Crippen molar-refractivity contribution < 1.29 is 9.53 Å². The third-order valence-electron chi connectivity index (χ3n) is 3.87. The van der Waals surface area contributed by atoms with Gasteiger partial charge in [0.25, 0.3) is 5.91 Å². The number of anilines is 1. The van der Waals surface area contributed by atoms with E-state index in [1.54, 1.807) is 13.3 Å². The lowest BCUT2D eigenvalue weighted by molar-refractivity contribution is 0.0608. The van der Waals surface area contributed by atoms with E-state index in [0.29, 0.717) is 11.6 Å². The maximum absolute atomic E-state index is 12.4. The summed E-state index contributed by atoms with van der Waals surface area (Å²) in [7, 11) is 1.73. The number of piperidine rings is 1. The second-order valence-corrected chi connectivity index (χ2v) is 5.55. The summed E-state index contributed by atoms with van der Waals surface area (Å²) in [6, 6.07) is 3.73. The molecule has 0 spiro atoms. The quantitative estimate of drug-likeness (QED) is 0.874. The molecule has 2 rings (SSSR count). The lowest BCUT2D eigenvalue weighted by Crippen LogP contribution is -2.39. The molecule has 0 atom stereocenters. The maximum atomic E-state index is 12.4. The van der Waals surface area contributed by atoms with Crippen LogP contribution in [0.3, 0.4) is 0 Å². The molecule has 0 aliphatic carbocycles. The number of amides is 1. The SMILES string of the molecule is CCCNc1ccc(C(=O)N2CCC(COC)CC2)nc1. The Morgan fingerprint density at radius 3 is 2.76 bits per heavy atom. The zero-order valence-corrected chi connectivity index (χ0v) is 13.0. The van der Waals surface area contributed by atoms with Crippen molar-refractivity contribution in [3.8, 4) is 0 Å². The van der Waals surface area contributed by atoms with Crippen LogP contribution in [0.25, 0.3) is 0 Å². The first-order chi connectivity index (χ1) is 10.2. The molecule has 0 bridgehead atoms. The van der Waals surface area contributed by atoms with Crippen LogP contribution in [0.2, 0.25) is 0 Å². The first-order valence-electron chi connectivity index (χ1n) is 7.72. The number of carbonyl (C=O) groups is 1. The van der Waals surface area contributed by atoms with Crippen LogP contribution in [0.15, 0.2) is 18.3 Å². The molecule has 21 heavy (non-hydrogen) atoms. The Kier molecular flexibility index (Phi) is 5.99. The Balaban J connectivity index is 1.88. The number of likely N-dealkylation sites (tertiary alicyclic amines) is 1. The summed E-state index contributed by atoms with van der Waals surface area (Å²) < 4.78 is 5.18. The first-order valence-corrected chi connectivity index (χ1v) is 7.72. The highest BCUT2D eigenvalue weighted by Crippen LogP contribution is 2.19. The van der Waals surface area contributed by atoms with Crippen molar-refractivity contribution in [2.45, 2.75) is 26.2 Å². The molecule has 0 radical (unpaired) electrons. The summed E-state index contributed by atoms with van der Waals surface area (Å²) >= 11 is 0. The van der Waals surface area contributed by atoms with Gasteiger partial charge in [-0.3, -0.25) is 4.79 Å². The van der Waals surface area contributed by atoms with Gasteiger partial charge in [0.2, 0.25) is 0 Å². The number of nitrogens with zero attached hydrogens (tertiary/aromatic N) is 2. The number of aromatic nitrogens is 1. The number of ether oxygens (including phenoxy) is 1. The van der Waals surface area contributed by atoms with Crippen LogP contribution in [0, 0.1) is 5.92 Å². The molecule has 0 saturated carbocycles. The molecule has 1 aromatic heterocycles. The monoisotopic (exact) mass is 291 g/mol. The van der Waals surface area contributed by atoms with Crippen LogP contribution in [0.1, 0.15) is 36.7 Å². The fraction of sp³-hybridized carbons (Fsp3) is 0.625. The summed E-state index contributed by atoms with van der Waals surface area (Å²) in [4.78, 5) is 18.6. The normalized spacial score (nSPS) is 16.0. The highest BCUT2D eigenvalue weighted by molar-refractivity contribution is 5.92. The third-order valence-corrected chi connectivity index (χ3v) is 3.87. The number of pyridine rings is 1. The van der Waals surface area contributed by atoms with Gasteiger partial charge in [0.15, 0.2) is 0 Å². The predicted molar refractivity (Wildman–Crippen MR) is 83.5 cm³/mol. The fourth-order valence-electron chi connectivity index (χ4n) is 2.59. The van der Waals surface area contributed by atoms with Crippen LogP contribution in [0.5, 0.6) is 0 Å². The van der Waals surface area contributed by atoms with E-state index in [1.807, 2.05) is 17.0 Å². The molecule has 0 unspecified atom stereocenters. The predicted octanol–water partition coefficient (Wildman–Crippen LogP) is 2.40. The van der Waals surface area contributed by atoms with Crippen molar-refractivity contribution in [3.63, 3.8) is 0 Å². The molecule has 0 aromatic carbocycles. The highest BCUT2D eigenvalue weighted by Gasteiger charge is 2.24. The molecule has 2 heterocycles. The Morgan fingerprint density at radius 1 is 1.43 bits per heavy atom. The van der Waals surface area contributed by atoms with E-state index in [4.69, 9.17) is 4.74 Å². The van der Waals surface area contributed by atoms with E-state index < -0.39 is 0 Å². The van der Waals surface area contributed by atoms with Crippen LogP contribution >= 0.6 is 0 Å². The van der Waals surface area contributed by atoms with Crippen molar-refractivity contribution in [3.05, 3.63) is 24.0 Å². The van der Waals surface area contributed by atoms with E-state index in [9.17, 15) is 4.79 Å². The van der Waals surface area contributed by atoms with Gasteiger partial charge >= 0.3 is 0 Å². The van der Waals surface area contributed by atoms with Gasteiger partial charge in [0.05, 0.1) is 11.9 Å². The fourth-order valence-corrected chi connectivity index (χ4v) is 2.59. The second kappa shape index (κ2) is 7.98. The van der Waals surface area contributed by atoms with E-state index in [-0.39, 0.29) is 5.91 Å². The van der Waals surface area contributed by atoms with Crippen molar-refractivity contribution in [1.29, 1.82) is 0 Å². The largest absolute Gasteiger partial charge is 0.384 e. The second-order valence-electron chi connectivity index (χ2n) is 5.55. The summed E-state index contributed by atoms with van der Waals surface area (Å²) in [5.41, 5.74) is 1.49. The average Bonchev–Trinajstić information content (AvgIpc) is 2.54. The van der Waals surface area contributed by atoms with Crippen LogP contribution in [-0.2, 0) is 4.74 Å². The highest BCUT2D eigenvalue weighted by atomic mass is 16.5. The first kappa shape index (κ1) is 15.8. The van der Waals surface area contributed by atoms with Gasteiger partial charge in [0.1, 0.15) is 5.69 Å². The Morgan fingerprint density at radius 2 is 2.19 bits per heavy atom. The van der Waals surface area contributed by atoms with Crippen molar-refractivity contribution in [1.82, 2.24) is 9.88 Å². The van der Waals surface area contributed by atoms with Crippen LogP contribution < -0.4 is 5.32 Å². The minimum atomic E-state index is 0.0351. The van der Waals surface area contributed by atoms with Crippen molar-refractivity contribution >= 4 is 11.6 Å². The van der Waals surface area contributed by atoms with E-state index in [2.05, 4.69) is 17.2 Å². The van der Waals surface area contributed by atoms with Gasteiger partial charge in [-0.25, -0.2) is 4.98 Å². The lowest BCUT2D eigenvalue weighted by atomic mass is 9.97. The molecular formula is C16H25N3O2. The van der Waals surface area contributed by atoms with Gasteiger partial charge in [-0.1, -0.05) is 6.92 Å². The van der Waals surface area contributed by atoms with Gasteiger partial charge in [-0.15, -0.1) is 0 Å². The van der Waals surface area contributed by atoms with Crippen molar-refractivity contribution in [2.24, 2.45) is 5.92 Å². The van der Waals surface area contributed by atoms with E-state index >= 15 is 0 Å². The number of carbonyl (C=O) groups excluding carboxylic acids is 1. The molecule has 116 valence electrons. The third kappa shape index (κ3) is 4.43. The molecule has 5 nitrogen and oxygen atoms in total. The summed E-state index contributed by atoms with van der Waals surface area (Å²) in [6.07, 6.45) is 4.82. The lowest BCUT2D eigenvalue weighted by Gasteiger charge is -2.31. The van der Waals surface area contributed by atoms with E-state index in [1.165, 1.54) is 0 Å². The Bertz CT molecular complexity index is 439. The van der Waals surface area contributed by atoms with Crippen molar-refractivity contribution in [2.75, 3.05) is 38.7 Å². The minimum Gasteiger partial charge on any atom is -0.384 e. The van der Waals surface area contributed by atoms with Gasteiger partial charge in [-0.05, 0) is 37.3 Å². The molecule has 5 heteroatoms. The number of rotatable bonds is 6. The average molecular weight is 291 g/mol. The number of hydrogen-bond acceptors (Lipinski definition) is 4. The smallest absolute Gasteiger partial charge is 0.272 e. The number of hydrogen-bond donors (Lipinski definition) is 1. The molecule has 1 amide bonds. The molecule has 1 aliphatic rings. The summed E-state index contributed by atoms with van der Waals surface area (Å²) in [5, 5.41) is 3.26. The van der Waals surface area contributed by atoms with Gasteiger partial charge < -0.3 is 15.0 Å². The standard InChI is InChI=1S/C16H25N3O2/c1-3-8-17-14-4-5-15(18-11-14)16(20)19-9-6-13(7-10-19)12-21-2/h4-5,11,13,17H,3,6-10,12H2,1-2H3. The van der Waals surface area contributed by atoms with Crippen LogP contribution in [0.4, 0.5) is 5.69 Å². The maximum Gasteiger partial charge on any atom is 0.272 e. The molecule has 1 aromatic rings. The number of nitrogens with one attached hydrogen (secondary N) is 1. The van der Waals surface area contributed by atoms with Crippen LogP contribution in [-0.4, -0.2) is 49.1 Å². The Labute approximate surface area is 126 Å². The zero-order valence-electron chi connectivity index (χ0n) is 13.0. The molecular weight excluding hydrogens is 266 g/mol. The molecule has 1 aliphatic heterocycles. The van der Waals surface area contributed by atoms with E-state index in [0.717, 1.165) is 51.2 Å². The molecule has 1 N–H and O–H groups in total.